The molecule has 1 N–H and O–H groups in total. The van der Waals surface area contributed by atoms with Crippen molar-refractivity contribution >= 4 is 38.1 Å². The zero-order valence-electron chi connectivity index (χ0n) is 19.4. The van der Waals surface area contributed by atoms with Gasteiger partial charge in [-0.2, -0.15) is 0 Å². The van der Waals surface area contributed by atoms with Crippen LogP contribution in [0.15, 0.2) is 41.9 Å². The van der Waals surface area contributed by atoms with Gasteiger partial charge < -0.3 is 0 Å². The predicted octanol–water partition coefficient (Wildman–Crippen LogP) is 0.996. The van der Waals surface area contributed by atoms with Crippen molar-refractivity contribution in [3.8, 4) is 5.00 Å². The van der Waals surface area contributed by atoms with Crippen molar-refractivity contribution in [2.45, 2.75) is 40.2 Å². The Morgan fingerprint density at radius 3 is 2.59 bits per heavy atom. The Labute approximate surface area is 214 Å². The maximum absolute atomic E-state index is 12.9. The summed E-state index contributed by atoms with van der Waals surface area (Å²) < 4.78 is 2.10. The van der Waals surface area contributed by atoms with Crippen LogP contribution in [0.5, 0.6) is 0 Å². The molecule has 174 valence electrons. The first-order valence-electron chi connectivity index (χ1n) is 10.8. The zero-order chi connectivity index (χ0) is 24.6. The van der Waals surface area contributed by atoms with E-state index >= 15 is 0 Å². The Balaban J connectivity index is 1.94. The molecule has 3 heterocycles. The SMILES string of the molecule is [B][I-]C(=O)C(CC)C1N=C(c2ccc(NC(=O)C=C)cc2)c2c(sc(C)c2C)-n2c(C)nnc21. The molecule has 2 atom stereocenters. The number of benzene rings is 1. The molecule has 10 heteroatoms. The fraction of sp³-hybridized carbons (Fsp3) is 0.292. The van der Waals surface area contributed by atoms with Crippen LogP contribution in [0.4, 0.5) is 5.69 Å². The van der Waals surface area contributed by atoms with Crippen LogP contribution in [0.1, 0.15) is 52.6 Å². The molecule has 0 fully saturated rings. The third-order valence-electron chi connectivity index (χ3n) is 6.02. The number of amides is 1. The number of rotatable bonds is 7. The van der Waals surface area contributed by atoms with Gasteiger partial charge in [-0.3, -0.25) is 0 Å². The topological polar surface area (TPSA) is 89.2 Å². The first-order valence-corrected chi connectivity index (χ1v) is 14.0. The van der Waals surface area contributed by atoms with Crippen LogP contribution in [-0.4, -0.2) is 35.9 Å². The summed E-state index contributed by atoms with van der Waals surface area (Å²) in [5.41, 5.74) is 10.4. The van der Waals surface area contributed by atoms with Crippen molar-refractivity contribution in [3.05, 3.63) is 70.1 Å². The van der Waals surface area contributed by atoms with E-state index in [1.54, 1.807) is 11.3 Å². The molecule has 2 aromatic heterocycles. The quantitative estimate of drug-likeness (QED) is 0.194. The Morgan fingerprint density at radius 2 is 1.97 bits per heavy atom. The van der Waals surface area contributed by atoms with Crippen LogP contribution >= 0.6 is 11.3 Å². The molecule has 0 saturated heterocycles. The van der Waals surface area contributed by atoms with Crippen LogP contribution < -0.4 is 26.3 Å². The molecule has 2 radical (unpaired) electrons. The summed E-state index contributed by atoms with van der Waals surface area (Å²) in [6, 6.07) is 7.06. The molecule has 1 amide bonds. The molecule has 7 nitrogen and oxygen atoms in total. The van der Waals surface area contributed by atoms with E-state index in [1.165, 1.54) is 11.0 Å². The normalized spacial score (nSPS) is 15.6. The van der Waals surface area contributed by atoms with Crippen molar-refractivity contribution in [1.29, 1.82) is 0 Å². The molecule has 0 bridgehead atoms. The van der Waals surface area contributed by atoms with Gasteiger partial charge in [-0.25, -0.2) is 0 Å². The third-order valence-corrected chi connectivity index (χ3v) is 8.63. The monoisotopic (exact) mass is 584 g/mol. The van der Waals surface area contributed by atoms with Crippen molar-refractivity contribution in [2.24, 2.45) is 10.9 Å². The minimum atomic E-state index is -1.08. The second kappa shape index (κ2) is 9.95. The number of aliphatic imine (C=N–C) groups is 1. The van der Waals surface area contributed by atoms with Crippen molar-refractivity contribution in [1.82, 2.24) is 14.8 Å². The van der Waals surface area contributed by atoms with Gasteiger partial charge in [0, 0.05) is 0 Å². The molecule has 2 unspecified atom stereocenters. The molecule has 1 aliphatic rings. The average molecular weight is 584 g/mol. The average Bonchev–Trinajstić information content (AvgIpc) is 3.31. The third kappa shape index (κ3) is 4.29. The fourth-order valence-corrected chi connectivity index (χ4v) is 6.57. The van der Waals surface area contributed by atoms with Crippen LogP contribution in [0.2, 0.25) is 0 Å². The number of nitrogens with zero attached hydrogens (tertiary/aromatic N) is 4. The summed E-state index contributed by atoms with van der Waals surface area (Å²) in [5.74, 6) is 0.791. The van der Waals surface area contributed by atoms with Gasteiger partial charge in [-0.1, -0.05) is 6.58 Å². The molecular formula is C24H24BIN5O2S-. The number of thiophene rings is 1. The summed E-state index contributed by atoms with van der Waals surface area (Å²) in [6.45, 7) is 11.6. The van der Waals surface area contributed by atoms with Crippen LogP contribution in [0.3, 0.4) is 0 Å². The molecule has 0 aliphatic carbocycles. The minimum absolute atomic E-state index is 0.0576. The first-order chi connectivity index (χ1) is 16.3. The summed E-state index contributed by atoms with van der Waals surface area (Å²) in [7, 11) is 0. The van der Waals surface area contributed by atoms with Gasteiger partial charge in [-0.15, -0.1) is 0 Å². The Morgan fingerprint density at radius 1 is 1.26 bits per heavy atom. The zero-order valence-corrected chi connectivity index (χ0v) is 22.4. The van der Waals surface area contributed by atoms with E-state index in [0.29, 0.717) is 17.9 Å². The Kier molecular flexibility index (Phi) is 7.18. The summed E-state index contributed by atoms with van der Waals surface area (Å²) in [5, 5.41) is 12.6. The van der Waals surface area contributed by atoms with Gasteiger partial charge in [0.05, 0.1) is 0 Å². The van der Waals surface area contributed by atoms with Crippen LogP contribution in [0, 0.1) is 26.7 Å². The fourth-order valence-electron chi connectivity index (χ4n) is 4.11. The number of aryl methyl sites for hydroxylation is 2. The Hall–Kier alpha value is -2.60. The molecule has 1 aromatic carbocycles. The van der Waals surface area contributed by atoms with Crippen molar-refractivity contribution < 1.29 is 30.6 Å². The van der Waals surface area contributed by atoms with E-state index in [-0.39, 0.29) is 15.6 Å². The van der Waals surface area contributed by atoms with Crippen molar-refractivity contribution in [3.63, 3.8) is 0 Å². The van der Waals surface area contributed by atoms with Crippen LogP contribution in [0.25, 0.3) is 5.00 Å². The van der Waals surface area contributed by atoms with Gasteiger partial charge in [0.1, 0.15) is 0 Å². The van der Waals surface area contributed by atoms with E-state index in [9.17, 15) is 9.59 Å². The number of anilines is 1. The number of aromatic nitrogens is 3. The number of nitrogens with one attached hydrogen (secondary N) is 1. The molecule has 1 aliphatic heterocycles. The predicted molar refractivity (Wildman–Crippen MR) is 132 cm³/mol. The molecule has 0 spiro atoms. The molecular weight excluding hydrogens is 560 g/mol. The summed E-state index contributed by atoms with van der Waals surface area (Å²) in [4.78, 5) is 30.9. The Bertz CT molecular complexity index is 1310. The maximum atomic E-state index is 12.9. The van der Waals surface area contributed by atoms with E-state index in [1.807, 2.05) is 42.7 Å². The molecule has 0 saturated carbocycles. The number of fused-ring (bicyclic) bond motifs is 3. The van der Waals surface area contributed by atoms with Gasteiger partial charge in [0.25, 0.3) is 0 Å². The number of carbonyl (C=O) groups is 2. The first kappa shape index (κ1) is 24.5. The molecule has 34 heavy (non-hydrogen) atoms. The molecule has 4 rings (SSSR count). The van der Waals surface area contributed by atoms with Crippen molar-refractivity contribution in [2.75, 3.05) is 5.32 Å². The summed E-state index contributed by atoms with van der Waals surface area (Å²) in [6.07, 6.45) is 1.85. The van der Waals surface area contributed by atoms with Crippen LogP contribution in [-0.2, 0) is 9.59 Å². The van der Waals surface area contributed by atoms with E-state index in [0.717, 1.165) is 33.2 Å². The van der Waals surface area contributed by atoms with E-state index in [4.69, 9.17) is 10.7 Å². The van der Waals surface area contributed by atoms with E-state index < -0.39 is 27.0 Å². The van der Waals surface area contributed by atoms with Gasteiger partial charge in [0.2, 0.25) is 0 Å². The number of carbonyl (C=O) groups excluding carboxylic acids is 2. The standard InChI is InChI=1S/C24H24BIN5O2S/c1-6-17(22(33)26-25)21-23-30-29-14(5)31(23)24-19(12(3)13(4)34-24)20(28-21)15-8-10-16(11-9-15)27-18(32)7-2/h7-11,17,21H,2,6H2,1,3-5H3,(H,27,32)/q-1. The number of hydrogen-bond acceptors (Lipinski definition) is 6. The summed E-state index contributed by atoms with van der Waals surface area (Å²) >= 11 is 0.594. The van der Waals surface area contributed by atoms with Gasteiger partial charge in [0.15, 0.2) is 0 Å². The number of hydrogen-bond donors (Lipinski definition) is 1. The second-order valence-electron chi connectivity index (χ2n) is 8.03. The molecule has 3 aromatic rings. The van der Waals surface area contributed by atoms with Gasteiger partial charge >= 0.3 is 208 Å². The number of halogens is 1. The van der Waals surface area contributed by atoms with Gasteiger partial charge in [-0.05, 0) is 0 Å². The van der Waals surface area contributed by atoms with E-state index in [2.05, 4.69) is 35.9 Å². The second-order valence-corrected chi connectivity index (χ2v) is 10.9.